The molecule has 0 spiro atoms. The lowest BCUT2D eigenvalue weighted by Gasteiger charge is -2.35. The Labute approximate surface area is 164 Å². The molecule has 1 N–H and O–H groups in total. The van der Waals surface area contributed by atoms with Crippen molar-refractivity contribution < 1.29 is 23.9 Å². The predicted molar refractivity (Wildman–Crippen MR) is 101 cm³/mol. The number of carbonyl (C=O) groups excluding carboxylic acids is 2. The fourth-order valence-electron chi connectivity index (χ4n) is 4.31. The smallest absolute Gasteiger partial charge is 0.311 e. The van der Waals surface area contributed by atoms with Crippen LogP contribution in [0.25, 0.3) is 0 Å². The number of carboxylic acids is 1. The maximum absolute atomic E-state index is 13.1. The molecule has 28 heavy (non-hydrogen) atoms. The molecule has 2 saturated heterocycles. The molecule has 2 unspecified atom stereocenters. The second kappa shape index (κ2) is 7.89. The van der Waals surface area contributed by atoms with Crippen LogP contribution in [0.4, 0.5) is 4.39 Å². The Kier molecular flexibility index (Phi) is 5.72. The minimum Gasteiger partial charge on any atom is -0.481 e. The summed E-state index contributed by atoms with van der Waals surface area (Å²) in [6, 6.07) is 5.41. The van der Waals surface area contributed by atoms with Crippen molar-refractivity contribution in [3.63, 3.8) is 0 Å². The first kappa shape index (κ1) is 20.3. The van der Waals surface area contributed by atoms with Gasteiger partial charge in [0.25, 0.3) is 5.91 Å². The van der Waals surface area contributed by atoms with Crippen LogP contribution in [-0.4, -0.2) is 58.9 Å². The number of hydrogen-bond acceptors (Lipinski definition) is 3. The summed E-state index contributed by atoms with van der Waals surface area (Å²) in [6.45, 7) is 5.29. The van der Waals surface area contributed by atoms with Gasteiger partial charge in [0, 0.05) is 31.7 Å². The van der Waals surface area contributed by atoms with Gasteiger partial charge in [-0.3, -0.25) is 14.4 Å². The van der Waals surface area contributed by atoms with E-state index in [1.54, 1.807) is 9.80 Å². The number of piperidine rings is 1. The molecular weight excluding hydrogens is 363 g/mol. The zero-order valence-corrected chi connectivity index (χ0v) is 16.4. The fourth-order valence-corrected chi connectivity index (χ4v) is 4.31. The Hall–Kier alpha value is -2.44. The van der Waals surface area contributed by atoms with Gasteiger partial charge in [-0.1, -0.05) is 13.8 Å². The number of likely N-dealkylation sites (tertiary alicyclic amines) is 2. The minimum atomic E-state index is -0.895. The van der Waals surface area contributed by atoms with Crippen molar-refractivity contribution in [1.29, 1.82) is 0 Å². The van der Waals surface area contributed by atoms with E-state index in [1.807, 2.05) is 13.8 Å². The van der Waals surface area contributed by atoms with E-state index in [9.17, 15) is 23.9 Å². The molecule has 2 aliphatic rings. The summed E-state index contributed by atoms with van der Waals surface area (Å²) in [7, 11) is 0. The van der Waals surface area contributed by atoms with E-state index in [1.165, 1.54) is 24.3 Å². The highest BCUT2D eigenvalue weighted by Crippen LogP contribution is 2.39. The van der Waals surface area contributed by atoms with Crippen molar-refractivity contribution >= 4 is 17.8 Å². The molecule has 0 saturated carbocycles. The third-order valence-electron chi connectivity index (χ3n) is 6.29. The number of hydrogen-bond donors (Lipinski definition) is 1. The minimum absolute atomic E-state index is 0.0642. The summed E-state index contributed by atoms with van der Waals surface area (Å²) < 4.78 is 13.1. The highest BCUT2D eigenvalue weighted by Gasteiger charge is 2.49. The Morgan fingerprint density at radius 1 is 1.14 bits per heavy atom. The molecule has 152 valence electrons. The van der Waals surface area contributed by atoms with Gasteiger partial charge in [-0.15, -0.1) is 0 Å². The Bertz CT molecular complexity index is 764. The monoisotopic (exact) mass is 390 g/mol. The van der Waals surface area contributed by atoms with Crippen LogP contribution in [-0.2, 0) is 9.59 Å². The summed E-state index contributed by atoms with van der Waals surface area (Å²) in [5.41, 5.74) is -0.492. The zero-order valence-electron chi connectivity index (χ0n) is 16.4. The molecule has 0 aromatic heterocycles. The summed E-state index contributed by atoms with van der Waals surface area (Å²) in [6.07, 6.45) is 1.85. The maximum atomic E-state index is 13.1. The molecular formula is C21H27FN2O4. The van der Waals surface area contributed by atoms with Gasteiger partial charge in [0.2, 0.25) is 5.91 Å². The molecule has 2 heterocycles. The topological polar surface area (TPSA) is 77.9 Å². The highest BCUT2D eigenvalue weighted by atomic mass is 19.1. The Morgan fingerprint density at radius 2 is 1.82 bits per heavy atom. The lowest BCUT2D eigenvalue weighted by Crippen LogP contribution is -2.47. The van der Waals surface area contributed by atoms with Gasteiger partial charge < -0.3 is 14.9 Å². The molecule has 2 amide bonds. The third kappa shape index (κ3) is 3.75. The molecule has 1 aromatic carbocycles. The van der Waals surface area contributed by atoms with Crippen molar-refractivity contribution in [3.8, 4) is 0 Å². The first-order valence-electron chi connectivity index (χ1n) is 9.81. The first-order valence-corrected chi connectivity index (χ1v) is 9.81. The van der Waals surface area contributed by atoms with E-state index in [2.05, 4.69) is 0 Å². The van der Waals surface area contributed by atoms with Crippen LogP contribution in [0.5, 0.6) is 0 Å². The van der Waals surface area contributed by atoms with E-state index >= 15 is 0 Å². The van der Waals surface area contributed by atoms with Gasteiger partial charge in [-0.25, -0.2) is 4.39 Å². The molecule has 0 aliphatic carbocycles. The van der Waals surface area contributed by atoms with Crippen LogP contribution in [0.15, 0.2) is 24.3 Å². The number of halogens is 1. The molecule has 2 atom stereocenters. The second-order valence-corrected chi connectivity index (χ2v) is 8.22. The number of aliphatic carboxylic acids is 1. The lowest BCUT2D eigenvalue weighted by atomic mass is 9.76. The molecule has 0 bridgehead atoms. The molecule has 6 nitrogen and oxygen atoms in total. The standard InChI is InChI=1S/C21H27FN2O4/c1-14(2)21(20(27)28)9-11-24(13-21)19(26)16-4-3-10-23(12-16)18(25)15-5-7-17(22)8-6-15/h5-8,14,16H,3-4,9-13H2,1-2H3,(H,27,28). The van der Waals surface area contributed by atoms with Crippen molar-refractivity contribution in [2.45, 2.75) is 33.1 Å². The molecule has 2 aliphatic heterocycles. The van der Waals surface area contributed by atoms with Gasteiger partial charge >= 0.3 is 5.97 Å². The Balaban J connectivity index is 1.67. The van der Waals surface area contributed by atoms with Crippen molar-refractivity contribution in [2.24, 2.45) is 17.3 Å². The van der Waals surface area contributed by atoms with E-state index in [0.29, 0.717) is 44.5 Å². The summed E-state index contributed by atoms with van der Waals surface area (Å²) >= 11 is 0. The number of carbonyl (C=O) groups is 3. The fraction of sp³-hybridized carbons (Fsp3) is 0.571. The van der Waals surface area contributed by atoms with Gasteiger partial charge in [0.15, 0.2) is 0 Å². The summed E-state index contributed by atoms with van der Waals surface area (Å²) in [5.74, 6) is -1.92. The van der Waals surface area contributed by atoms with Crippen molar-refractivity contribution in [2.75, 3.05) is 26.2 Å². The second-order valence-electron chi connectivity index (χ2n) is 8.22. The van der Waals surface area contributed by atoms with Crippen LogP contribution < -0.4 is 0 Å². The average molecular weight is 390 g/mol. The number of rotatable bonds is 4. The molecule has 3 rings (SSSR count). The van der Waals surface area contributed by atoms with Crippen LogP contribution >= 0.6 is 0 Å². The van der Waals surface area contributed by atoms with Gasteiger partial charge in [0.1, 0.15) is 5.82 Å². The third-order valence-corrected chi connectivity index (χ3v) is 6.29. The van der Waals surface area contributed by atoms with Crippen LogP contribution in [0.3, 0.4) is 0 Å². The van der Waals surface area contributed by atoms with E-state index in [4.69, 9.17) is 0 Å². The molecule has 2 fully saturated rings. The Morgan fingerprint density at radius 3 is 2.39 bits per heavy atom. The zero-order chi connectivity index (χ0) is 20.5. The van der Waals surface area contributed by atoms with E-state index in [-0.39, 0.29) is 30.2 Å². The van der Waals surface area contributed by atoms with Crippen molar-refractivity contribution in [3.05, 3.63) is 35.6 Å². The van der Waals surface area contributed by atoms with Crippen molar-refractivity contribution in [1.82, 2.24) is 9.80 Å². The van der Waals surface area contributed by atoms with Gasteiger partial charge in [0.05, 0.1) is 11.3 Å². The first-order chi connectivity index (χ1) is 13.2. The predicted octanol–water partition coefficient (Wildman–Crippen LogP) is 2.64. The van der Waals surface area contributed by atoms with Gasteiger partial charge in [-0.05, 0) is 49.4 Å². The molecule has 0 radical (unpaired) electrons. The number of nitrogens with zero attached hydrogens (tertiary/aromatic N) is 2. The van der Waals surface area contributed by atoms with Crippen LogP contribution in [0, 0.1) is 23.1 Å². The SMILES string of the molecule is CC(C)C1(C(=O)O)CCN(C(=O)C2CCCN(C(=O)c3ccc(F)cc3)C2)C1. The molecule has 7 heteroatoms. The maximum Gasteiger partial charge on any atom is 0.311 e. The highest BCUT2D eigenvalue weighted by molar-refractivity contribution is 5.94. The molecule has 1 aromatic rings. The average Bonchev–Trinajstić information content (AvgIpc) is 3.15. The van der Waals surface area contributed by atoms with Gasteiger partial charge in [-0.2, -0.15) is 0 Å². The normalized spacial score (nSPS) is 25.2. The largest absolute Gasteiger partial charge is 0.481 e. The lowest BCUT2D eigenvalue weighted by molar-refractivity contribution is -0.151. The van der Waals surface area contributed by atoms with Crippen LogP contribution in [0.2, 0.25) is 0 Å². The number of carboxylic acid groups (broad SMARTS) is 1. The summed E-state index contributed by atoms with van der Waals surface area (Å²) in [5, 5.41) is 9.69. The number of amides is 2. The van der Waals surface area contributed by atoms with Crippen LogP contribution in [0.1, 0.15) is 43.5 Å². The quantitative estimate of drug-likeness (QED) is 0.857. The van der Waals surface area contributed by atoms with E-state index in [0.717, 1.165) is 0 Å². The number of benzene rings is 1. The van der Waals surface area contributed by atoms with E-state index < -0.39 is 17.2 Å². The summed E-state index contributed by atoms with van der Waals surface area (Å²) in [4.78, 5) is 40.8.